The van der Waals surface area contributed by atoms with Gasteiger partial charge in [-0.25, -0.2) is 0 Å². The van der Waals surface area contributed by atoms with E-state index in [0.29, 0.717) is 18.4 Å². The number of benzene rings is 1. The third-order valence-corrected chi connectivity index (χ3v) is 3.70. The minimum Gasteiger partial charge on any atom is -0.481 e. The molecule has 0 fully saturated rings. The number of nitrogens with one attached hydrogen (secondary N) is 2. The van der Waals surface area contributed by atoms with E-state index in [-0.39, 0.29) is 29.8 Å². The van der Waals surface area contributed by atoms with Gasteiger partial charge in [-0.1, -0.05) is 30.3 Å². The molecule has 6 heteroatoms. The van der Waals surface area contributed by atoms with E-state index in [1.165, 1.54) is 19.2 Å². The van der Waals surface area contributed by atoms with Crippen LogP contribution in [0, 0.1) is 0 Å². The van der Waals surface area contributed by atoms with Gasteiger partial charge in [-0.05, 0) is 31.4 Å². The Morgan fingerprint density at radius 1 is 1.21 bits per heavy atom. The second kappa shape index (κ2) is 8.10. The lowest BCUT2D eigenvalue weighted by Crippen LogP contribution is -2.37. The first kappa shape index (κ1) is 17.5. The van der Waals surface area contributed by atoms with Crippen LogP contribution in [0.4, 0.5) is 0 Å². The quantitative estimate of drug-likeness (QED) is 0.648. The average Bonchev–Trinajstić information content (AvgIpc) is 3.04. The van der Waals surface area contributed by atoms with E-state index in [2.05, 4.69) is 10.3 Å². The summed E-state index contributed by atoms with van der Waals surface area (Å²) in [7, 11) is 0. The van der Waals surface area contributed by atoms with Crippen molar-refractivity contribution in [2.45, 2.75) is 32.2 Å². The monoisotopic (exact) mass is 328 g/mol. The third-order valence-electron chi connectivity index (χ3n) is 3.70. The number of ketones is 1. The Bertz CT molecular complexity index is 722. The molecule has 24 heavy (non-hydrogen) atoms. The highest BCUT2D eigenvalue weighted by molar-refractivity contribution is 5.99. The summed E-state index contributed by atoms with van der Waals surface area (Å²) >= 11 is 0. The van der Waals surface area contributed by atoms with Gasteiger partial charge in [-0.3, -0.25) is 14.4 Å². The van der Waals surface area contributed by atoms with E-state index in [0.717, 1.165) is 5.56 Å². The molecule has 0 aliphatic carbocycles. The smallest absolute Gasteiger partial charge is 0.303 e. The molecule has 0 radical (unpaired) electrons. The van der Waals surface area contributed by atoms with Crippen LogP contribution in [0.25, 0.3) is 0 Å². The number of aromatic amines is 1. The first-order valence-electron chi connectivity index (χ1n) is 7.71. The van der Waals surface area contributed by atoms with Crippen molar-refractivity contribution < 1.29 is 19.5 Å². The van der Waals surface area contributed by atoms with E-state index in [1.54, 1.807) is 0 Å². The molecule has 0 bridgehead atoms. The van der Waals surface area contributed by atoms with Crippen LogP contribution >= 0.6 is 0 Å². The Hall–Kier alpha value is -2.89. The number of rotatable bonds is 8. The van der Waals surface area contributed by atoms with Gasteiger partial charge in [-0.15, -0.1) is 0 Å². The van der Waals surface area contributed by atoms with Gasteiger partial charge in [0.15, 0.2) is 5.78 Å². The Balaban J connectivity index is 2.06. The van der Waals surface area contributed by atoms with E-state index < -0.39 is 5.97 Å². The zero-order chi connectivity index (χ0) is 17.5. The van der Waals surface area contributed by atoms with Crippen molar-refractivity contribution >= 4 is 17.7 Å². The van der Waals surface area contributed by atoms with Crippen molar-refractivity contribution in [2.24, 2.45) is 0 Å². The number of carbonyl (C=O) groups excluding carboxylic acids is 2. The predicted molar refractivity (Wildman–Crippen MR) is 89.1 cm³/mol. The lowest BCUT2D eigenvalue weighted by atomic mass is 10.0. The summed E-state index contributed by atoms with van der Waals surface area (Å²) in [5, 5.41) is 11.7. The van der Waals surface area contributed by atoms with Gasteiger partial charge in [0.05, 0.1) is 0 Å². The SMILES string of the molecule is CC(=O)c1c[nH]c(C(=O)NC(CCC(=O)O)Cc2ccccc2)c1. The number of amides is 1. The summed E-state index contributed by atoms with van der Waals surface area (Å²) in [6.07, 6.45) is 2.33. The van der Waals surface area contributed by atoms with Crippen LogP contribution in [0.1, 0.15) is 46.2 Å². The molecule has 1 unspecified atom stereocenters. The van der Waals surface area contributed by atoms with Crippen LogP contribution in [0.3, 0.4) is 0 Å². The van der Waals surface area contributed by atoms with Gasteiger partial charge in [0.1, 0.15) is 5.69 Å². The van der Waals surface area contributed by atoms with Crippen LogP contribution in [0.2, 0.25) is 0 Å². The van der Waals surface area contributed by atoms with Gasteiger partial charge in [0.2, 0.25) is 0 Å². The molecular weight excluding hydrogens is 308 g/mol. The van der Waals surface area contributed by atoms with Crippen LogP contribution < -0.4 is 5.32 Å². The van der Waals surface area contributed by atoms with Crippen molar-refractivity contribution in [3.05, 3.63) is 59.4 Å². The van der Waals surface area contributed by atoms with E-state index in [9.17, 15) is 14.4 Å². The Labute approximate surface area is 139 Å². The number of hydrogen-bond acceptors (Lipinski definition) is 3. The molecule has 0 spiro atoms. The normalized spacial score (nSPS) is 11.7. The third kappa shape index (κ3) is 5.08. The molecule has 0 aliphatic rings. The molecule has 0 saturated heterocycles. The lowest BCUT2D eigenvalue weighted by molar-refractivity contribution is -0.137. The van der Waals surface area contributed by atoms with Crippen LogP contribution in [-0.2, 0) is 11.2 Å². The van der Waals surface area contributed by atoms with E-state index in [1.807, 2.05) is 30.3 Å². The van der Waals surface area contributed by atoms with Crippen LogP contribution in [-0.4, -0.2) is 33.8 Å². The average molecular weight is 328 g/mol. The van der Waals surface area contributed by atoms with Gasteiger partial charge < -0.3 is 15.4 Å². The first-order chi connectivity index (χ1) is 11.5. The fourth-order valence-corrected chi connectivity index (χ4v) is 2.41. The van der Waals surface area contributed by atoms with E-state index in [4.69, 9.17) is 5.11 Å². The van der Waals surface area contributed by atoms with Gasteiger partial charge in [-0.2, -0.15) is 0 Å². The molecule has 2 aromatic rings. The molecule has 1 heterocycles. The zero-order valence-electron chi connectivity index (χ0n) is 13.4. The summed E-state index contributed by atoms with van der Waals surface area (Å²) in [6.45, 7) is 1.43. The molecule has 1 aromatic carbocycles. The minimum absolute atomic E-state index is 0.0266. The number of carboxylic acids is 1. The van der Waals surface area contributed by atoms with E-state index >= 15 is 0 Å². The standard InChI is InChI=1S/C18H20N2O4/c1-12(21)14-10-16(19-11-14)18(24)20-15(7-8-17(22)23)9-13-5-3-2-4-6-13/h2-6,10-11,15,19H,7-9H2,1H3,(H,20,24)(H,22,23). The molecule has 1 amide bonds. The van der Waals surface area contributed by atoms with Crippen molar-refractivity contribution in [3.8, 4) is 0 Å². The van der Waals surface area contributed by atoms with Gasteiger partial charge in [0, 0.05) is 24.2 Å². The summed E-state index contributed by atoms with van der Waals surface area (Å²) < 4.78 is 0. The van der Waals surface area contributed by atoms with Crippen LogP contribution in [0.5, 0.6) is 0 Å². The Morgan fingerprint density at radius 2 is 1.92 bits per heavy atom. The number of hydrogen-bond donors (Lipinski definition) is 3. The maximum atomic E-state index is 12.3. The van der Waals surface area contributed by atoms with Crippen molar-refractivity contribution in [1.82, 2.24) is 10.3 Å². The van der Waals surface area contributed by atoms with Crippen molar-refractivity contribution in [1.29, 1.82) is 0 Å². The Kier molecular flexibility index (Phi) is 5.89. The maximum Gasteiger partial charge on any atom is 0.303 e. The molecule has 1 aromatic heterocycles. The molecule has 2 rings (SSSR count). The molecule has 1 atom stereocenters. The molecule has 126 valence electrons. The molecule has 0 saturated carbocycles. The van der Waals surface area contributed by atoms with Crippen molar-refractivity contribution in [2.75, 3.05) is 0 Å². The predicted octanol–water partition coefficient (Wildman–Crippen LogP) is 2.42. The molecule has 3 N–H and O–H groups in total. The van der Waals surface area contributed by atoms with Gasteiger partial charge in [0.25, 0.3) is 5.91 Å². The number of aliphatic carboxylic acids is 1. The number of carbonyl (C=O) groups is 3. The highest BCUT2D eigenvalue weighted by Crippen LogP contribution is 2.10. The highest BCUT2D eigenvalue weighted by Gasteiger charge is 2.17. The Morgan fingerprint density at radius 3 is 2.50 bits per heavy atom. The number of carboxylic acid groups (broad SMARTS) is 1. The fraction of sp³-hybridized carbons (Fsp3) is 0.278. The van der Waals surface area contributed by atoms with Crippen LogP contribution in [0.15, 0.2) is 42.6 Å². The zero-order valence-corrected chi connectivity index (χ0v) is 13.4. The number of Topliss-reactive ketones (excluding diaryl/α,β-unsaturated/α-hetero) is 1. The summed E-state index contributed by atoms with van der Waals surface area (Å²) in [5.41, 5.74) is 1.74. The lowest BCUT2D eigenvalue weighted by Gasteiger charge is -2.18. The summed E-state index contributed by atoms with van der Waals surface area (Å²) in [4.78, 5) is 37.2. The summed E-state index contributed by atoms with van der Waals surface area (Å²) in [5.74, 6) is -1.38. The summed E-state index contributed by atoms with van der Waals surface area (Å²) in [6, 6.07) is 10.8. The van der Waals surface area contributed by atoms with Gasteiger partial charge >= 0.3 is 5.97 Å². The molecule has 0 aliphatic heterocycles. The number of H-pyrrole nitrogens is 1. The molecule has 6 nitrogen and oxygen atoms in total. The topological polar surface area (TPSA) is 99.3 Å². The maximum absolute atomic E-state index is 12.3. The number of aromatic nitrogens is 1. The largest absolute Gasteiger partial charge is 0.481 e. The fourth-order valence-electron chi connectivity index (χ4n) is 2.41. The second-order valence-corrected chi connectivity index (χ2v) is 5.65. The van der Waals surface area contributed by atoms with Crippen molar-refractivity contribution in [3.63, 3.8) is 0 Å². The minimum atomic E-state index is -0.902. The highest BCUT2D eigenvalue weighted by atomic mass is 16.4. The second-order valence-electron chi connectivity index (χ2n) is 5.65. The molecular formula is C18H20N2O4. The first-order valence-corrected chi connectivity index (χ1v) is 7.71.